The standard InChI is InChI=1S/C29H26I4N4O7/c30-17-5-13(7-21(34)28(40)42-12-23(36)27(38)39)6-18(31)25(17)43-15-9-19(32)26(20(33)10-15)44-29(41)22(35)8-14-11-37-24-4-2-1-3-16(14)24/h1-6,9-11,21-23,37H,7-8,12,34-36H2,(H,38,39)/t21-,22-,23-/m0/s1. The first-order chi connectivity index (χ1) is 20.8. The summed E-state index contributed by atoms with van der Waals surface area (Å²) in [4.78, 5) is 39.1. The molecular formula is C29H26I4N4O7. The van der Waals surface area contributed by atoms with Gasteiger partial charge in [-0.25, -0.2) is 4.79 Å². The minimum absolute atomic E-state index is 0.172. The van der Waals surface area contributed by atoms with Gasteiger partial charge >= 0.3 is 17.9 Å². The van der Waals surface area contributed by atoms with Gasteiger partial charge in [0.15, 0.2) is 11.5 Å². The highest BCUT2D eigenvalue weighted by atomic mass is 127. The third kappa shape index (κ3) is 8.93. The molecule has 0 spiro atoms. The number of para-hydroxylation sites is 1. The summed E-state index contributed by atoms with van der Waals surface area (Å²) < 4.78 is 19.8. The van der Waals surface area contributed by atoms with Gasteiger partial charge in [0.2, 0.25) is 0 Å². The van der Waals surface area contributed by atoms with Gasteiger partial charge in [0.25, 0.3) is 0 Å². The van der Waals surface area contributed by atoms with Crippen molar-refractivity contribution in [1.29, 1.82) is 0 Å². The Hall–Kier alpha value is -1.79. The van der Waals surface area contributed by atoms with Crippen LogP contribution in [0.15, 0.2) is 54.7 Å². The lowest BCUT2D eigenvalue weighted by Gasteiger charge is -2.17. The van der Waals surface area contributed by atoms with E-state index in [1.807, 2.05) is 42.6 Å². The number of hydrogen-bond acceptors (Lipinski definition) is 9. The first-order valence-corrected chi connectivity index (χ1v) is 17.2. The summed E-state index contributed by atoms with van der Waals surface area (Å²) in [6.07, 6.45) is 2.36. The summed E-state index contributed by atoms with van der Waals surface area (Å²) in [7, 11) is 0. The number of carbonyl (C=O) groups excluding carboxylic acids is 2. The molecule has 0 amide bonds. The van der Waals surface area contributed by atoms with Gasteiger partial charge in [-0.05, 0) is 138 Å². The van der Waals surface area contributed by atoms with Gasteiger partial charge in [-0.1, -0.05) is 18.2 Å². The third-order valence-electron chi connectivity index (χ3n) is 6.35. The topological polar surface area (TPSA) is 193 Å². The molecule has 0 aliphatic heterocycles. The summed E-state index contributed by atoms with van der Waals surface area (Å²) in [5, 5.41) is 9.85. The lowest BCUT2D eigenvalue weighted by Crippen LogP contribution is -2.40. The van der Waals surface area contributed by atoms with Crippen molar-refractivity contribution >= 4 is 119 Å². The van der Waals surface area contributed by atoms with Crippen LogP contribution in [0.25, 0.3) is 10.9 Å². The average Bonchev–Trinajstić information content (AvgIpc) is 3.37. The number of ether oxygens (including phenoxy) is 3. The van der Waals surface area contributed by atoms with Crippen molar-refractivity contribution in [2.75, 3.05) is 6.61 Å². The van der Waals surface area contributed by atoms with E-state index in [1.165, 1.54) is 0 Å². The Labute approximate surface area is 306 Å². The van der Waals surface area contributed by atoms with E-state index >= 15 is 0 Å². The van der Waals surface area contributed by atoms with Crippen LogP contribution in [0.5, 0.6) is 17.2 Å². The van der Waals surface area contributed by atoms with E-state index in [2.05, 4.69) is 95.3 Å². The number of carbonyl (C=O) groups is 3. The molecule has 0 aliphatic carbocycles. The van der Waals surface area contributed by atoms with Crippen LogP contribution in [0, 0.1) is 14.3 Å². The average molecular weight is 1050 g/mol. The zero-order valence-electron chi connectivity index (χ0n) is 22.7. The largest absolute Gasteiger partial charge is 0.480 e. The van der Waals surface area contributed by atoms with Crippen LogP contribution in [0.4, 0.5) is 0 Å². The quantitative estimate of drug-likeness (QED) is 0.0757. The number of benzene rings is 3. The fourth-order valence-corrected chi connectivity index (χ4v) is 8.17. The van der Waals surface area contributed by atoms with Crippen LogP contribution in [0.3, 0.4) is 0 Å². The van der Waals surface area contributed by atoms with Gasteiger partial charge in [0, 0.05) is 23.5 Å². The molecule has 1 aromatic heterocycles. The van der Waals surface area contributed by atoms with Crippen LogP contribution >= 0.6 is 90.4 Å². The van der Waals surface area contributed by atoms with Crippen molar-refractivity contribution in [1.82, 2.24) is 4.98 Å². The number of aromatic nitrogens is 1. The Morgan fingerprint density at radius 3 is 2.02 bits per heavy atom. The summed E-state index contributed by atoms with van der Waals surface area (Å²) in [5.41, 5.74) is 20.3. The summed E-state index contributed by atoms with van der Waals surface area (Å²) in [6, 6.07) is 11.9. The summed E-state index contributed by atoms with van der Waals surface area (Å²) in [6.45, 7) is -0.461. The van der Waals surface area contributed by atoms with Gasteiger partial charge in [0.05, 0.1) is 14.3 Å². The zero-order chi connectivity index (χ0) is 32.1. The maximum absolute atomic E-state index is 12.9. The summed E-state index contributed by atoms with van der Waals surface area (Å²) in [5.74, 6) is -0.992. The second kappa shape index (κ2) is 15.7. The van der Waals surface area contributed by atoms with Crippen molar-refractivity contribution in [2.24, 2.45) is 17.2 Å². The second-order valence-electron chi connectivity index (χ2n) is 9.68. The number of carboxylic acid groups (broad SMARTS) is 1. The highest BCUT2D eigenvalue weighted by molar-refractivity contribution is 14.1. The SMILES string of the molecule is N[C@@H](COC(=O)[C@@H](N)Cc1cc(I)c(Oc2cc(I)c(OC(=O)[C@@H](N)Cc3c[nH]c4ccccc34)c(I)c2)c(I)c1)C(=O)O. The molecule has 8 N–H and O–H groups in total. The van der Waals surface area contributed by atoms with E-state index in [4.69, 9.17) is 36.5 Å². The number of nitrogens with one attached hydrogen (secondary N) is 1. The molecule has 11 nitrogen and oxygen atoms in total. The Morgan fingerprint density at radius 1 is 0.795 bits per heavy atom. The van der Waals surface area contributed by atoms with E-state index < -0.39 is 42.6 Å². The number of carboxylic acids is 1. The molecule has 4 rings (SSSR count). The fraction of sp³-hybridized carbons (Fsp3) is 0.207. The molecule has 0 fully saturated rings. The molecule has 0 aliphatic rings. The van der Waals surface area contributed by atoms with Crippen molar-refractivity contribution in [3.05, 3.63) is 80.1 Å². The van der Waals surface area contributed by atoms with Crippen LogP contribution in [0.2, 0.25) is 0 Å². The Bertz CT molecular complexity index is 1670. The van der Waals surface area contributed by atoms with E-state index in [0.29, 0.717) is 30.8 Å². The van der Waals surface area contributed by atoms with Gasteiger partial charge in [-0.15, -0.1) is 0 Å². The van der Waals surface area contributed by atoms with E-state index in [9.17, 15) is 14.4 Å². The first kappa shape index (κ1) is 35.1. The van der Waals surface area contributed by atoms with Gasteiger partial charge < -0.3 is 41.5 Å². The molecule has 0 saturated carbocycles. The lowest BCUT2D eigenvalue weighted by atomic mass is 10.1. The van der Waals surface area contributed by atoms with Crippen LogP contribution in [-0.4, -0.2) is 52.7 Å². The van der Waals surface area contributed by atoms with Crippen molar-refractivity contribution in [2.45, 2.75) is 31.0 Å². The van der Waals surface area contributed by atoms with Gasteiger partial charge in [-0.2, -0.15) is 0 Å². The number of aromatic amines is 1. The normalized spacial score (nSPS) is 13.2. The van der Waals surface area contributed by atoms with Gasteiger partial charge in [0.1, 0.15) is 30.5 Å². The number of H-pyrrole nitrogens is 1. The maximum Gasteiger partial charge on any atom is 0.328 e. The predicted octanol–water partition coefficient (Wildman–Crippen LogP) is 4.68. The minimum atomic E-state index is -1.31. The maximum atomic E-state index is 12.9. The molecule has 1 heterocycles. The second-order valence-corrected chi connectivity index (χ2v) is 14.3. The lowest BCUT2D eigenvalue weighted by molar-refractivity contribution is -0.149. The number of hydrogen-bond donors (Lipinski definition) is 5. The van der Waals surface area contributed by atoms with Crippen LogP contribution in [-0.2, 0) is 32.0 Å². The molecule has 3 atom stereocenters. The molecule has 0 unspecified atom stereocenters. The molecule has 0 bridgehead atoms. The molecular weight excluding hydrogens is 1020 g/mol. The number of aliphatic carboxylic acids is 1. The highest BCUT2D eigenvalue weighted by Crippen LogP contribution is 2.37. The molecule has 4 aromatic rings. The molecule has 3 aromatic carbocycles. The van der Waals surface area contributed by atoms with Crippen molar-refractivity contribution < 1.29 is 33.7 Å². The van der Waals surface area contributed by atoms with Crippen molar-refractivity contribution in [3.63, 3.8) is 0 Å². The Kier molecular flexibility index (Phi) is 12.5. The summed E-state index contributed by atoms with van der Waals surface area (Å²) >= 11 is 8.46. The molecule has 232 valence electrons. The van der Waals surface area contributed by atoms with Crippen molar-refractivity contribution in [3.8, 4) is 17.2 Å². The fourth-order valence-electron chi connectivity index (χ4n) is 4.12. The Balaban J connectivity index is 1.40. The number of esters is 2. The monoisotopic (exact) mass is 1050 g/mol. The highest BCUT2D eigenvalue weighted by Gasteiger charge is 2.23. The number of halogens is 4. The van der Waals surface area contributed by atoms with E-state index in [-0.39, 0.29) is 6.42 Å². The molecule has 0 radical (unpaired) electrons. The zero-order valence-corrected chi connectivity index (χ0v) is 31.3. The number of nitrogens with two attached hydrogens (primary N) is 3. The predicted molar refractivity (Wildman–Crippen MR) is 198 cm³/mol. The first-order valence-electron chi connectivity index (χ1n) is 12.9. The Morgan fingerprint density at radius 2 is 1.39 bits per heavy atom. The number of rotatable bonds is 12. The smallest absolute Gasteiger partial charge is 0.328 e. The molecule has 15 heteroatoms. The third-order valence-corrected chi connectivity index (χ3v) is 9.56. The van der Waals surface area contributed by atoms with Gasteiger partial charge in [-0.3, -0.25) is 9.59 Å². The van der Waals surface area contributed by atoms with Crippen LogP contribution < -0.4 is 26.7 Å². The molecule has 44 heavy (non-hydrogen) atoms. The van der Waals surface area contributed by atoms with E-state index in [0.717, 1.165) is 29.2 Å². The van der Waals surface area contributed by atoms with Crippen LogP contribution in [0.1, 0.15) is 11.1 Å². The van der Waals surface area contributed by atoms with E-state index in [1.54, 1.807) is 12.1 Å². The molecule has 0 saturated heterocycles. The minimum Gasteiger partial charge on any atom is -0.480 e. The number of fused-ring (bicyclic) bond motifs is 1.